The second-order valence-electron chi connectivity index (χ2n) is 4.12. The van der Waals surface area contributed by atoms with Crippen molar-refractivity contribution in [1.82, 2.24) is 5.32 Å². The fourth-order valence-corrected chi connectivity index (χ4v) is 1.64. The van der Waals surface area contributed by atoms with E-state index in [0.29, 0.717) is 21.8 Å². The third kappa shape index (κ3) is 3.51. The standard InChI is InChI=1S/C12H13Cl2NO2/c1-7(12(16)15-8-2-3-8)17-9-4-5-10(13)11(14)6-9/h4-8H,2-3H2,1H3,(H,15,16)/t7-/m0/s1. The van der Waals surface area contributed by atoms with Crippen molar-refractivity contribution in [3.8, 4) is 5.75 Å². The van der Waals surface area contributed by atoms with E-state index in [1.807, 2.05) is 0 Å². The average molecular weight is 274 g/mol. The van der Waals surface area contributed by atoms with Crippen LogP contribution in [0.15, 0.2) is 18.2 Å². The molecule has 0 heterocycles. The van der Waals surface area contributed by atoms with E-state index < -0.39 is 6.10 Å². The van der Waals surface area contributed by atoms with E-state index in [1.165, 1.54) is 0 Å². The molecular weight excluding hydrogens is 261 g/mol. The summed E-state index contributed by atoms with van der Waals surface area (Å²) in [6, 6.07) is 5.27. The molecule has 1 aliphatic carbocycles. The molecule has 0 radical (unpaired) electrons. The van der Waals surface area contributed by atoms with Crippen molar-refractivity contribution in [2.45, 2.75) is 31.9 Å². The van der Waals surface area contributed by atoms with Crippen molar-refractivity contribution in [2.75, 3.05) is 0 Å². The minimum Gasteiger partial charge on any atom is -0.481 e. The zero-order valence-electron chi connectivity index (χ0n) is 9.37. The predicted octanol–water partition coefficient (Wildman–Crippen LogP) is 3.04. The van der Waals surface area contributed by atoms with Crippen LogP contribution in [-0.2, 0) is 4.79 Å². The lowest BCUT2D eigenvalue weighted by Crippen LogP contribution is -2.37. The van der Waals surface area contributed by atoms with Gasteiger partial charge in [0.05, 0.1) is 10.0 Å². The fraction of sp³-hybridized carbons (Fsp3) is 0.417. The molecule has 1 atom stereocenters. The first-order valence-corrected chi connectivity index (χ1v) is 6.24. The van der Waals surface area contributed by atoms with Gasteiger partial charge < -0.3 is 10.1 Å². The SMILES string of the molecule is C[C@H](Oc1ccc(Cl)c(Cl)c1)C(=O)NC1CC1. The van der Waals surface area contributed by atoms with Crippen LogP contribution in [0.2, 0.25) is 10.0 Å². The van der Waals surface area contributed by atoms with E-state index in [4.69, 9.17) is 27.9 Å². The summed E-state index contributed by atoms with van der Waals surface area (Å²) < 4.78 is 5.49. The van der Waals surface area contributed by atoms with Crippen molar-refractivity contribution in [2.24, 2.45) is 0 Å². The molecule has 1 aliphatic rings. The summed E-state index contributed by atoms with van der Waals surface area (Å²) in [5, 5.41) is 3.76. The molecule has 0 aromatic heterocycles. The maximum atomic E-state index is 11.7. The van der Waals surface area contributed by atoms with Gasteiger partial charge in [-0.25, -0.2) is 0 Å². The van der Waals surface area contributed by atoms with Crippen LogP contribution in [0.4, 0.5) is 0 Å². The van der Waals surface area contributed by atoms with Crippen molar-refractivity contribution < 1.29 is 9.53 Å². The van der Waals surface area contributed by atoms with E-state index in [0.717, 1.165) is 12.8 Å². The largest absolute Gasteiger partial charge is 0.481 e. The quantitative estimate of drug-likeness (QED) is 0.916. The third-order valence-corrected chi connectivity index (χ3v) is 3.24. The van der Waals surface area contributed by atoms with Gasteiger partial charge in [0.15, 0.2) is 6.10 Å². The van der Waals surface area contributed by atoms with Gasteiger partial charge in [0.25, 0.3) is 5.91 Å². The van der Waals surface area contributed by atoms with Gasteiger partial charge in [-0.05, 0) is 31.9 Å². The first kappa shape index (κ1) is 12.5. The number of carbonyl (C=O) groups is 1. The van der Waals surface area contributed by atoms with Crippen molar-refractivity contribution >= 4 is 29.1 Å². The van der Waals surface area contributed by atoms with Gasteiger partial charge in [-0.2, -0.15) is 0 Å². The van der Waals surface area contributed by atoms with Crippen molar-refractivity contribution in [3.63, 3.8) is 0 Å². The molecule has 0 aliphatic heterocycles. The number of hydrogen-bond acceptors (Lipinski definition) is 2. The lowest BCUT2D eigenvalue weighted by atomic mass is 10.3. The van der Waals surface area contributed by atoms with E-state index in [1.54, 1.807) is 25.1 Å². The Labute approximate surface area is 110 Å². The molecule has 1 saturated carbocycles. The Kier molecular flexibility index (Phi) is 3.79. The van der Waals surface area contributed by atoms with Gasteiger partial charge >= 0.3 is 0 Å². The molecule has 1 aromatic carbocycles. The van der Waals surface area contributed by atoms with Crippen molar-refractivity contribution in [3.05, 3.63) is 28.2 Å². The van der Waals surface area contributed by atoms with E-state index in [-0.39, 0.29) is 5.91 Å². The Hall–Kier alpha value is -0.930. The molecule has 0 saturated heterocycles. The highest BCUT2D eigenvalue weighted by Crippen LogP contribution is 2.27. The Balaban J connectivity index is 1.94. The summed E-state index contributed by atoms with van der Waals surface area (Å²) in [6.07, 6.45) is 1.59. The zero-order chi connectivity index (χ0) is 12.4. The second-order valence-corrected chi connectivity index (χ2v) is 4.93. The molecule has 1 fully saturated rings. The molecule has 0 unspecified atom stereocenters. The highest BCUT2D eigenvalue weighted by Gasteiger charge is 2.26. The first-order chi connectivity index (χ1) is 8.06. The molecule has 1 amide bonds. The molecule has 2 rings (SSSR count). The Morgan fingerprint density at radius 2 is 2.12 bits per heavy atom. The molecular formula is C12H13Cl2NO2. The number of carbonyl (C=O) groups excluding carboxylic acids is 1. The van der Waals surface area contributed by atoms with Crippen molar-refractivity contribution in [1.29, 1.82) is 0 Å². The minimum atomic E-state index is -0.534. The zero-order valence-corrected chi connectivity index (χ0v) is 10.9. The number of benzene rings is 1. The van der Waals surface area contributed by atoms with Crippen LogP contribution in [0, 0.1) is 0 Å². The number of ether oxygens (including phenoxy) is 1. The number of nitrogens with one attached hydrogen (secondary N) is 1. The number of hydrogen-bond donors (Lipinski definition) is 1. The second kappa shape index (κ2) is 5.15. The summed E-state index contributed by atoms with van der Waals surface area (Å²) in [5.41, 5.74) is 0. The average Bonchev–Trinajstić information content (AvgIpc) is 3.07. The number of amides is 1. The molecule has 5 heteroatoms. The highest BCUT2D eigenvalue weighted by atomic mass is 35.5. The third-order valence-electron chi connectivity index (χ3n) is 2.50. The molecule has 92 valence electrons. The van der Waals surface area contributed by atoms with Crippen LogP contribution in [0.5, 0.6) is 5.75 Å². The van der Waals surface area contributed by atoms with Crippen LogP contribution in [0.1, 0.15) is 19.8 Å². The van der Waals surface area contributed by atoms with Crippen LogP contribution < -0.4 is 10.1 Å². The fourth-order valence-electron chi connectivity index (χ4n) is 1.35. The van der Waals surface area contributed by atoms with Gasteiger partial charge in [0, 0.05) is 12.1 Å². The summed E-state index contributed by atoms with van der Waals surface area (Å²) in [6.45, 7) is 1.71. The molecule has 1 aromatic rings. The van der Waals surface area contributed by atoms with Crippen LogP contribution in [-0.4, -0.2) is 18.1 Å². The smallest absolute Gasteiger partial charge is 0.260 e. The van der Waals surface area contributed by atoms with Gasteiger partial charge in [0.1, 0.15) is 5.75 Å². The topological polar surface area (TPSA) is 38.3 Å². The van der Waals surface area contributed by atoms with E-state index >= 15 is 0 Å². The number of rotatable bonds is 4. The number of halogens is 2. The Bertz CT molecular complexity index is 433. The molecule has 1 N–H and O–H groups in total. The van der Waals surface area contributed by atoms with E-state index in [2.05, 4.69) is 5.32 Å². The van der Waals surface area contributed by atoms with Crippen LogP contribution >= 0.6 is 23.2 Å². The first-order valence-electron chi connectivity index (χ1n) is 5.48. The normalized spacial score (nSPS) is 16.4. The molecule has 3 nitrogen and oxygen atoms in total. The minimum absolute atomic E-state index is 0.0985. The van der Waals surface area contributed by atoms with Gasteiger partial charge in [-0.3, -0.25) is 4.79 Å². The van der Waals surface area contributed by atoms with Gasteiger partial charge in [0.2, 0.25) is 0 Å². The Morgan fingerprint density at radius 1 is 1.41 bits per heavy atom. The maximum Gasteiger partial charge on any atom is 0.260 e. The monoisotopic (exact) mass is 273 g/mol. The predicted molar refractivity (Wildman–Crippen MR) is 67.7 cm³/mol. The summed E-state index contributed by atoms with van der Waals surface area (Å²) in [5.74, 6) is 0.441. The summed E-state index contributed by atoms with van der Waals surface area (Å²) >= 11 is 11.6. The van der Waals surface area contributed by atoms with Gasteiger partial charge in [-0.15, -0.1) is 0 Å². The lowest BCUT2D eigenvalue weighted by Gasteiger charge is -2.14. The van der Waals surface area contributed by atoms with E-state index in [9.17, 15) is 4.79 Å². The summed E-state index contributed by atoms with van der Waals surface area (Å²) in [7, 11) is 0. The summed E-state index contributed by atoms with van der Waals surface area (Å²) in [4.78, 5) is 11.7. The molecule has 0 bridgehead atoms. The van der Waals surface area contributed by atoms with Crippen LogP contribution in [0.25, 0.3) is 0 Å². The lowest BCUT2D eigenvalue weighted by molar-refractivity contribution is -0.127. The van der Waals surface area contributed by atoms with Gasteiger partial charge in [-0.1, -0.05) is 23.2 Å². The Morgan fingerprint density at radius 3 is 2.71 bits per heavy atom. The highest BCUT2D eigenvalue weighted by molar-refractivity contribution is 6.42. The molecule has 17 heavy (non-hydrogen) atoms. The maximum absolute atomic E-state index is 11.7. The van der Waals surface area contributed by atoms with Crippen LogP contribution in [0.3, 0.4) is 0 Å². The molecule has 0 spiro atoms.